The zero-order valence-electron chi connectivity index (χ0n) is 17.8. The SMILES string of the molecule is Cc1ccc(CCN2CCN(c3cc(=O)n(C)c4ccc(C#N)nc34)[C@@H](C)C2)cc1. The molecule has 0 spiro atoms. The van der Waals surface area contributed by atoms with Gasteiger partial charge in [-0.2, -0.15) is 5.26 Å². The molecule has 0 bridgehead atoms. The number of benzene rings is 1. The van der Waals surface area contributed by atoms with Gasteiger partial charge in [0.1, 0.15) is 17.3 Å². The van der Waals surface area contributed by atoms with Crippen LogP contribution in [0.1, 0.15) is 23.7 Å². The maximum Gasteiger partial charge on any atom is 0.252 e. The maximum atomic E-state index is 12.5. The topological polar surface area (TPSA) is 65.2 Å². The summed E-state index contributed by atoms with van der Waals surface area (Å²) in [6.07, 6.45) is 1.04. The monoisotopic (exact) mass is 401 g/mol. The van der Waals surface area contributed by atoms with E-state index < -0.39 is 0 Å². The average molecular weight is 402 g/mol. The summed E-state index contributed by atoms with van der Waals surface area (Å²) in [5.41, 5.74) is 5.26. The van der Waals surface area contributed by atoms with Crippen LogP contribution in [-0.2, 0) is 13.5 Å². The first-order chi connectivity index (χ1) is 14.5. The van der Waals surface area contributed by atoms with Gasteiger partial charge in [-0.3, -0.25) is 9.69 Å². The Balaban J connectivity index is 1.54. The number of rotatable bonds is 4. The quantitative estimate of drug-likeness (QED) is 0.673. The van der Waals surface area contributed by atoms with Crippen LogP contribution >= 0.6 is 0 Å². The Morgan fingerprint density at radius 2 is 1.93 bits per heavy atom. The number of nitrogens with zero attached hydrogens (tertiary/aromatic N) is 5. The third kappa shape index (κ3) is 3.94. The van der Waals surface area contributed by atoms with E-state index in [9.17, 15) is 10.1 Å². The fraction of sp³-hybridized carbons (Fsp3) is 0.375. The van der Waals surface area contributed by atoms with E-state index in [1.807, 2.05) is 6.07 Å². The van der Waals surface area contributed by atoms with Crippen LogP contribution in [0.2, 0.25) is 0 Å². The van der Waals surface area contributed by atoms with Crippen molar-refractivity contribution >= 4 is 16.7 Å². The van der Waals surface area contributed by atoms with Gasteiger partial charge in [-0.25, -0.2) is 4.98 Å². The molecule has 1 aromatic carbocycles. The number of anilines is 1. The molecule has 1 aliphatic rings. The van der Waals surface area contributed by atoms with Gasteiger partial charge in [-0.15, -0.1) is 0 Å². The van der Waals surface area contributed by atoms with E-state index >= 15 is 0 Å². The van der Waals surface area contributed by atoms with Gasteiger partial charge < -0.3 is 9.47 Å². The second-order valence-electron chi connectivity index (χ2n) is 8.18. The molecule has 6 nitrogen and oxygen atoms in total. The fourth-order valence-corrected chi connectivity index (χ4v) is 4.23. The third-order valence-corrected chi connectivity index (χ3v) is 6.04. The lowest BCUT2D eigenvalue weighted by molar-refractivity contribution is 0.231. The molecule has 0 aliphatic carbocycles. The van der Waals surface area contributed by atoms with Gasteiger partial charge >= 0.3 is 0 Å². The number of aromatic nitrogens is 2. The summed E-state index contributed by atoms with van der Waals surface area (Å²) in [6.45, 7) is 8.02. The number of nitriles is 1. The number of aryl methyl sites for hydroxylation is 2. The van der Waals surface area contributed by atoms with Gasteiger partial charge in [0.25, 0.3) is 5.56 Å². The van der Waals surface area contributed by atoms with Crippen molar-refractivity contribution in [1.82, 2.24) is 14.5 Å². The standard InChI is InChI=1S/C24H27N5O/c1-17-4-6-19(7-5-17)10-11-28-12-13-29(18(2)16-28)22-14-23(30)27(3)21-9-8-20(15-25)26-24(21)22/h4-9,14,18H,10-13,16H2,1-3H3/t18-/m0/s1. The third-order valence-electron chi connectivity index (χ3n) is 6.04. The van der Waals surface area contributed by atoms with Crippen molar-refractivity contribution in [3.63, 3.8) is 0 Å². The van der Waals surface area contributed by atoms with E-state index in [-0.39, 0.29) is 11.6 Å². The average Bonchev–Trinajstić information content (AvgIpc) is 2.76. The molecule has 1 aliphatic heterocycles. The van der Waals surface area contributed by atoms with Crippen LogP contribution in [0.4, 0.5) is 5.69 Å². The Labute approximate surface area is 177 Å². The lowest BCUT2D eigenvalue weighted by Gasteiger charge is -2.41. The van der Waals surface area contributed by atoms with Crippen molar-refractivity contribution in [1.29, 1.82) is 5.26 Å². The Morgan fingerprint density at radius 3 is 2.63 bits per heavy atom. The van der Waals surface area contributed by atoms with E-state index in [0.717, 1.165) is 49.3 Å². The van der Waals surface area contributed by atoms with Gasteiger partial charge in [0, 0.05) is 45.3 Å². The van der Waals surface area contributed by atoms with Crippen LogP contribution in [0.25, 0.3) is 11.0 Å². The minimum Gasteiger partial charge on any atom is -0.364 e. The molecule has 6 heteroatoms. The second kappa shape index (κ2) is 8.29. The van der Waals surface area contributed by atoms with E-state index in [0.29, 0.717) is 5.69 Å². The zero-order chi connectivity index (χ0) is 21.3. The summed E-state index contributed by atoms with van der Waals surface area (Å²) >= 11 is 0. The van der Waals surface area contributed by atoms with Crippen molar-refractivity contribution in [3.8, 4) is 6.07 Å². The Bertz CT molecular complexity index is 1160. The number of fused-ring (bicyclic) bond motifs is 1. The van der Waals surface area contributed by atoms with Crippen LogP contribution in [0.3, 0.4) is 0 Å². The summed E-state index contributed by atoms with van der Waals surface area (Å²) in [5.74, 6) is 0. The minimum atomic E-state index is -0.0574. The van der Waals surface area contributed by atoms with Gasteiger partial charge in [0.2, 0.25) is 0 Å². The highest BCUT2D eigenvalue weighted by Gasteiger charge is 2.26. The molecule has 1 fully saturated rings. The molecule has 0 saturated carbocycles. The summed E-state index contributed by atoms with van der Waals surface area (Å²) in [6, 6.07) is 16.2. The van der Waals surface area contributed by atoms with Crippen LogP contribution < -0.4 is 10.5 Å². The first-order valence-corrected chi connectivity index (χ1v) is 10.4. The van der Waals surface area contributed by atoms with Crippen LogP contribution in [-0.4, -0.2) is 46.7 Å². The number of hydrogen-bond donors (Lipinski definition) is 0. The van der Waals surface area contributed by atoms with Crippen molar-refractivity contribution in [2.24, 2.45) is 7.05 Å². The highest BCUT2D eigenvalue weighted by atomic mass is 16.1. The van der Waals surface area contributed by atoms with Crippen LogP contribution in [0.5, 0.6) is 0 Å². The molecule has 2 aromatic heterocycles. The largest absolute Gasteiger partial charge is 0.364 e. The van der Waals surface area contributed by atoms with Gasteiger partial charge in [-0.1, -0.05) is 29.8 Å². The van der Waals surface area contributed by atoms with Crippen molar-refractivity contribution in [3.05, 3.63) is 69.6 Å². The lowest BCUT2D eigenvalue weighted by Crippen LogP contribution is -2.52. The molecular weight excluding hydrogens is 374 g/mol. The lowest BCUT2D eigenvalue weighted by atomic mass is 10.1. The molecule has 154 valence electrons. The summed E-state index contributed by atoms with van der Waals surface area (Å²) in [4.78, 5) is 21.8. The normalized spacial score (nSPS) is 17.3. The first kappa shape index (κ1) is 20.1. The fourth-order valence-electron chi connectivity index (χ4n) is 4.23. The smallest absolute Gasteiger partial charge is 0.252 e. The highest BCUT2D eigenvalue weighted by Crippen LogP contribution is 2.27. The van der Waals surface area contributed by atoms with Crippen molar-refractivity contribution in [2.75, 3.05) is 31.1 Å². The molecule has 1 atom stereocenters. The summed E-state index contributed by atoms with van der Waals surface area (Å²) in [5, 5.41) is 9.28. The number of hydrogen-bond acceptors (Lipinski definition) is 5. The highest BCUT2D eigenvalue weighted by molar-refractivity contribution is 5.88. The molecule has 30 heavy (non-hydrogen) atoms. The molecule has 0 radical (unpaired) electrons. The number of pyridine rings is 2. The maximum absolute atomic E-state index is 12.5. The first-order valence-electron chi connectivity index (χ1n) is 10.4. The summed E-state index contributed by atoms with van der Waals surface area (Å²) in [7, 11) is 1.74. The molecule has 0 N–H and O–H groups in total. The molecule has 0 unspecified atom stereocenters. The predicted octanol–water partition coefficient (Wildman–Crippen LogP) is 2.87. The minimum absolute atomic E-state index is 0.0574. The van der Waals surface area contributed by atoms with Crippen LogP contribution in [0.15, 0.2) is 47.3 Å². The van der Waals surface area contributed by atoms with Crippen LogP contribution in [0, 0.1) is 18.3 Å². The molecule has 3 aromatic rings. The Hall–Kier alpha value is -3.17. The molecule has 3 heterocycles. The summed E-state index contributed by atoms with van der Waals surface area (Å²) < 4.78 is 1.59. The Morgan fingerprint density at radius 1 is 1.17 bits per heavy atom. The van der Waals surface area contributed by atoms with E-state index in [1.165, 1.54) is 11.1 Å². The van der Waals surface area contributed by atoms with Crippen molar-refractivity contribution in [2.45, 2.75) is 26.3 Å². The zero-order valence-corrected chi connectivity index (χ0v) is 17.8. The molecular formula is C24H27N5O. The van der Waals surface area contributed by atoms with E-state index in [2.05, 4.69) is 59.0 Å². The predicted molar refractivity (Wildman–Crippen MR) is 120 cm³/mol. The van der Waals surface area contributed by atoms with Gasteiger partial charge in [0.05, 0.1) is 11.2 Å². The van der Waals surface area contributed by atoms with Crippen molar-refractivity contribution < 1.29 is 0 Å². The van der Waals surface area contributed by atoms with E-state index in [4.69, 9.17) is 0 Å². The van der Waals surface area contributed by atoms with Gasteiger partial charge in [-0.05, 0) is 38.0 Å². The Kier molecular flexibility index (Phi) is 5.56. The molecule has 0 amide bonds. The molecule has 4 rings (SSSR count). The number of piperazine rings is 1. The molecule has 1 saturated heterocycles. The van der Waals surface area contributed by atoms with E-state index in [1.54, 1.807) is 23.7 Å². The second-order valence-corrected chi connectivity index (χ2v) is 8.18. The van der Waals surface area contributed by atoms with Gasteiger partial charge in [0.15, 0.2) is 0 Å².